The molecule has 1 aromatic carbocycles. The third kappa shape index (κ3) is 5.83. The Morgan fingerprint density at radius 3 is 2.35 bits per heavy atom. The molecule has 0 aromatic heterocycles. The molecular formula is C25H34FN5. The lowest BCUT2D eigenvalue weighted by molar-refractivity contribution is 0.111. The zero-order chi connectivity index (χ0) is 23.1. The first-order valence-electron chi connectivity index (χ1n) is 10.7. The Labute approximate surface area is 186 Å². The number of halogens is 1. The minimum Gasteiger partial charge on any atom is -0.353 e. The van der Waals surface area contributed by atoms with Gasteiger partial charge in [-0.25, -0.2) is 9.38 Å². The summed E-state index contributed by atoms with van der Waals surface area (Å²) >= 11 is 0. The molecule has 1 N–H and O–H groups in total. The molecule has 31 heavy (non-hydrogen) atoms. The number of anilines is 1. The summed E-state index contributed by atoms with van der Waals surface area (Å²) in [4.78, 5) is 8.95. The van der Waals surface area contributed by atoms with E-state index in [2.05, 4.69) is 39.3 Å². The second kappa shape index (κ2) is 10.4. The summed E-state index contributed by atoms with van der Waals surface area (Å²) in [6.45, 7) is 18.5. The fourth-order valence-corrected chi connectivity index (χ4v) is 3.57. The molecule has 1 fully saturated rings. The van der Waals surface area contributed by atoms with Crippen LogP contribution in [-0.4, -0.2) is 47.4 Å². The van der Waals surface area contributed by atoms with Gasteiger partial charge in [0, 0.05) is 38.1 Å². The third-order valence-corrected chi connectivity index (χ3v) is 5.76. The molecule has 1 aliphatic heterocycles. The molecule has 0 saturated carbocycles. The van der Waals surface area contributed by atoms with Crippen LogP contribution in [0.4, 0.5) is 10.1 Å². The van der Waals surface area contributed by atoms with Crippen molar-refractivity contribution in [1.82, 2.24) is 9.80 Å². The lowest BCUT2D eigenvalue weighted by atomic mass is 9.93. The van der Waals surface area contributed by atoms with Crippen molar-refractivity contribution >= 4 is 11.5 Å². The van der Waals surface area contributed by atoms with Crippen molar-refractivity contribution in [3.8, 4) is 6.07 Å². The van der Waals surface area contributed by atoms with Crippen LogP contribution in [0.3, 0.4) is 0 Å². The Kier molecular flexibility index (Phi) is 8.18. The number of nitrogens with zero attached hydrogens (tertiary/aromatic N) is 4. The van der Waals surface area contributed by atoms with Crippen molar-refractivity contribution in [3.63, 3.8) is 0 Å². The van der Waals surface area contributed by atoms with E-state index in [-0.39, 0.29) is 0 Å². The highest BCUT2D eigenvalue weighted by molar-refractivity contribution is 6.00. The van der Waals surface area contributed by atoms with Crippen LogP contribution >= 0.6 is 0 Å². The van der Waals surface area contributed by atoms with E-state index in [1.807, 2.05) is 39.0 Å². The molecule has 0 spiro atoms. The van der Waals surface area contributed by atoms with Crippen molar-refractivity contribution in [2.24, 2.45) is 4.99 Å². The van der Waals surface area contributed by atoms with Gasteiger partial charge in [0.2, 0.25) is 0 Å². The summed E-state index contributed by atoms with van der Waals surface area (Å²) < 4.78 is 14.8. The van der Waals surface area contributed by atoms with E-state index in [0.717, 1.165) is 37.7 Å². The molecule has 5 nitrogen and oxygen atoms in total. The summed E-state index contributed by atoms with van der Waals surface area (Å²) in [7, 11) is 0. The van der Waals surface area contributed by atoms with Crippen molar-refractivity contribution in [2.45, 2.75) is 45.3 Å². The van der Waals surface area contributed by atoms with E-state index in [1.165, 1.54) is 6.08 Å². The molecule has 1 saturated heterocycles. The molecule has 0 amide bonds. The summed E-state index contributed by atoms with van der Waals surface area (Å²) in [5.41, 5.74) is 0.0583. The highest BCUT2D eigenvalue weighted by atomic mass is 19.1. The van der Waals surface area contributed by atoms with Crippen LogP contribution in [0.2, 0.25) is 0 Å². The molecule has 1 unspecified atom stereocenters. The summed E-state index contributed by atoms with van der Waals surface area (Å²) in [5.74, 6) is 0.760. The van der Waals surface area contributed by atoms with Gasteiger partial charge in [-0.1, -0.05) is 44.4 Å². The van der Waals surface area contributed by atoms with E-state index in [0.29, 0.717) is 17.7 Å². The maximum atomic E-state index is 14.8. The molecule has 0 bridgehead atoms. The molecule has 2 rings (SSSR count). The maximum Gasteiger partial charge on any atom is 0.153 e. The number of aliphatic imine (C=N–C) groups is 1. The van der Waals surface area contributed by atoms with Crippen molar-refractivity contribution in [1.29, 1.82) is 5.26 Å². The Morgan fingerprint density at radius 1 is 1.26 bits per heavy atom. The number of nitriles is 1. The van der Waals surface area contributed by atoms with Crippen LogP contribution in [-0.2, 0) is 5.67 Å². The van der Waals surface area contributed by atoms with Gasteiger partial charge < -0.3 is 10.2 Å². The first-order valence-corrected chi connectivity index (χ1v) is 10.7. The van der Waals surface area contributed by atoms with Crippen molar-refractivity contribution < 1.29 is 4.39 Å². The first-order chi connectivity index (χ1) is 14.7. The molecule has 1 atom stereocenters. The Balaban J connectivity index is 2.13. The number of rotatable bonds is 8. The monoisotopic (exact) mass is 423 g/mol. The number of piperazine rings is 1. The first kappa shape index (κ1) is 24.4. The number of amidine groups is 1. The molecule has 1 aromatic rings. The molecule has 6 heteroatoms. The van der Waals surface area contributed by atoms with E-state index >= 15 is 0 Å². The number of allylic oxidation sites excluding steroid dienone is 2. The summed E-state index contributed by atoms with van der Waals surface area (Å²) in [5, 5.41) is 12.7. The number of hydrogen-bond acceptors (Lipinski definition) is 4. The average molecular weight is 424 g/mol. The van der Waals surface area contributed by atoms with Gasteiger partial charge in [0.15, 0.2) is 11.5 Å². The fraction of sp³-hybridized carbons (Fsp3) is 0.440. The number of alkyl halides is 1. The van der Waals surface area contributed by atoms with Crippen molar-refractivity contribution in [3.05, 3.63) is 67.0 Å². The predicted octanol–water partition coefficient (Wildman–Crippen LogP) is 5.22. The normalized spacial score (nSPS) is 17.8. The highest BCUT2D eigenvalue weighted by Crippen LogP contribution is 2.31. The third-order valence-electron chi connectivity index (χ3n) is 5.76. The number of hydrogen-bond donors (Lipinski definition) is 1. The summed E-state index contributed by atoms with van der Waals surface area (Å²) in [6.07, 6.45) is 5.31. The van der Waals surface area contributed by atoms with Crippen LogP contribution < -0.4 is 5.32 Å². The Hall–Kier alpha value is -2.91. The van der Waals surface area contributed by atoms with Gasteiger partial charge in [0.25, 0.3) is 0 Å². The van der Waals surface area contributed by atoms with Gasteiger partial charge >= 0.3 is 0 Å². The molecule has 0 aliphatic carbocycles. The lowest BCUT2D eigenvalue weighted by Crippen LogP contribution is -2.55. The fourth-order valence-electron chi connectivity index (χ4n) is 3.57. The second-order valence-electron chi connectivity index (χ2n) is 8.18. The van der Waals surface area contributed by atoms with Gasteiger partial charge in [-0.05, 0) is 44.9 Å². The largest absolute Gasteiger partial charge is 0.353 e. The second-order valence-corrected chi connectivity index (χ2v) is 8.18. The smallest absolute Gasteiger partial charge is 0.153 e. The summed E-state index contributed by atoms with van der Waals surface area (Å²) in [6, 6.07) is 9.60. The van der Waals surface area contributed by atoms with E-state index < -0.39 is 11.2 Å². The standard InChI is InChI=1S/C25H34FN5/c1-7-14-28-23(30-15-17-31(18-16-30)24(5,6)19-27)20(4)29-22-12-10-21(11-13-22)25(26,8-2)9-3/h7-8,10-14,29H,2,4,9,15-18H2,1,3,5-6H3/b14-7-,28-23?. The van der Waals surface area contributed by atoms with Gasteiger partial charge in [0.05, 0.1) is 11.8 Å². The molecule has 166 valence electrons. The van der Waals surface area contributed by atoms with Crippen molar-refractivity contribution in [2.75, 3.05) is 31.5 Å². The van der Waals surface area contributed by atoms with Gasteiger partial charge in [-0.3, -0.25) is 4.90 Å². The van der Waals surface area contributed by atoms with E-state index in [4.69, 9.17) is 0 Å². The van der Waals surface area contributed by atoms with Crippen LogP contribution in [0.1, 0.15) is 39.7 Å². The number of benzene rings is 1. The molecule has 1 heterocycles. The van der Waals surface area contributed by atoms with Crippen LogP contribution in [0.5, 0.6) is 0 Å². The van der Waals surface area contributed by atoms with Gasteiger partial charge in [-0.2, -0.15) is 5.26 Å². The number of nitrogens with one attached hydrogen (secondary N) is 1. The Morgan fingerprint density at radius 2 is 1.87 bits per heavy atom. The van der Waals surface area contributed by atoms with Gasteiger partial charge in [0.1, 0.15) is 5.54 Å². The zero-order valence-electron chi connectivity index (χ0n) is 19.2. The topological polar surface area (TPSA) is 54.7 Å². The van der Waals surface area contributed by atoms with Gasteiger partial charge in [-0.15, -0.1) is 0 Å². The molecule has 0 radical (unpaired) electrons. The van der Waals surface area contributed by atoms with Crippen LogP contribution in [0, 0.1) is 11.3 Å². The zero-order valence-corrected chi connectivity index (χ0v) is 19.2. The van der Waals surface area contributed by atoms with Crippen LogP contribution in [0.15, 0.2) is 66.5 Å². The van der Waals surface area contributed by atoms with E-state index in [9.17, 15) is 9.65 Å². The highest BCUT2D eigenvalue weighted by Gasteiger charge is 2.31. The lowest BCUT2D eigenvalue weighted by Gasteiger charge is -2.41. The predicted molar refractivity (Wildman–Crippen MR) is 128 cm³/mol. The quantitative estimate of drug-likeness (QED) is 0.354. The average Bonchev–Trinajstić information content (AvgIpc) is 2.79. The molecule has 1 aliphatic rings. The SMILES string of the molecule is C=CC(F)(CC)c1ccc(NC(=C)C(=N/C=C\C)N2CCN(C(C)(C)C#N)CC2)cc1. The minimum atomic E-state index is -1.52. The molecular weight excluding hydrogens is 389 g/mol. The van der Waals surface area contributed by atoms with E-state index in [1.54, 1.807) is 25.3 Å². The maximum absolute atomic E-state index is 14.8. The Bertz CT molecular complexity index is 870. The van der Waals surface area contributed by atoms with Crippen LogP contribution in [0.25, 0.3) is 0 Å². The minimum absolute atomic E-state index is 0.338.